The highest BCUT2D eigenvalue weighted by atomic mass is 16.5. The van der Waals surface area contributed by atoms with Crippen molar-refractivity contribution in [2.75, 3.05) is 33.3 Å². The normalized spacial score (nSPS) is 11.0. The molecular weight excluding hydrogens is 308 g/mol. The van der Waals surface area contributed by atoms with Gasteiger partial charge in [-0.25, -0.2) is 0 Å². The molecule has 144 valence electrons. The van der Waals surface area contributed by atoms with Gasteiger partial charge in [0.25, 0.3) is 0 Å². The van der Waals surface area contributed by atoms with E-state index in [0.29, 0.717) is 0 Å². The molecule has 0 saturated carbocycles. The van der Waals surface area contributed by atoms with Gasteiger partial charge in [0.05, 0.1) is 7.11 Å². The van der Waals surface area contributed by atoms with Crippen LogP contribution in [0, 0.1) is 0 Å². The molecule has 0 unspecified atom stereocenters. The molecule has 0 aliphatic carbocycles. The second-order valence-electron chi connectivity index (χ2n) is 6.93. The van der Waals surface area contributed by atoms with E-state index in [1.807, 2.05) is 12.1 Å². The van der Waals surface area contributed by atoms with Crippen LogP contribution in [0.5, 0.6) is 5.75 Å². The zero-order valence-electron chi connectivity index (χ0n) is 16.6. The number of methoxy groups -OCH3 is 1. The molecule has 0 saturated heterocycles. The Bertz CT molecular complexity index is 392. The van der Waals surface area contributed by atoms with Gasteiger partial charge >= 0.3 is 0 Å². The van der Waals surface area contributed by atoms with Crippen molar-refractivity contribution in [2.24, 2.45) is 0 Å². The van der Waals surface area contributed by atoms with Crippen molar-refractivity contribution in [3.8, 4) is 5.75 Å². The van der Waals surface area contributed by atoms with E-state index in [9.17, 15) is 0 Å². The predicted molar refractivity (Wildman–Crippen MR) is 110 cm³/mol. The van der Waals surface area contributed by atoms with Crippen molar-refractivity contribution in [1.29, 1.82) is 0 Å². The Morgan fingerprint density at radius 2 is 1.24 bits per heavy atom. The standard InChI is InChI=1S/C22H40N2O/c1-3-4-5-6-7-8-9-10-11-17-23-19-20-24-18-16-21-12-14-22(25-2)15-13-21/h12-15,23-24H,3-11,16-20H2,1-2H3. The van der Waals surface area contributed by atoms with E-state index >= 15 is 0 Å². The molecule has 0 aliphatic rings. The molecule has 3 heteroatoms. The van der Waals surface area contributed by atoms with E-state index in [2.05, 4.69) is 29.7 Å². The molecule has 0 radical (unpaired) electrons. The van der Waals surface area contributed by atoms with E-state index < -0.39 is 0 Å². The van der Waals surface area contributed by atoms with Crippen LogP contribution in [0.1, 0.15) is 70.3 Å². The molecule has 0 aliphatic heterocycles. The lowest BCUT2D eigenvalue weighted by Gasteiger charge is -2.07. The van der Waals surface area contributed by atoms with Gasteiger partial charge in [0.2, 0.25) is 0 Å². The van der Waals surface area contributed by atoms with Gasteiger partial charge in [-0.2, -0.15) is 0 Å². The molecule has 0 fully saturated rings. The average molecular weight is 349 g/mol. The lowest BCUT2D eigenvalue weighted by Crippen LogP contribution is -2.29. The summed E-state index contributed by atoms with van der Waals surface area (Å²) in [5, 5.41) is 7.04. The highest BCUT2D eigenvalue weighted by Crippen LogP contribution is 2.11. The van der Waals surface area contributed by atoms with Crippen molar-refractivity contribution < 1.29 is 4.74 Å². The Hall–Kier alpha value is -1.06. The largest absolute Gasteiger partial charge is 0.497 e. The number of hydrogen-bond donors (Lipinski definition) is 2. The number of unbranched alkanes of at least 4 members (excludes halogenated alkanes) is 8. The van der Waals surface area contributed by atoms with Gasteiger partial charge in [0, 0.05) is 13.1 Å². The first kappa shape index (κ1) is 22.0. The summed E-state index contributed by atoms with van der Waals surface area (Å²) >= 11 is 0. The molecule has 1 rings (SSSR count). The van der Waals surface area contributed by atoms with Crippen LogP contribution in [0.2, 0.25) is 0 Å². The number of benzene rings is 1. The van der Waals surface area contributed by atoms with Crippen LogP contribution >= 0.6 is 0 Å². The maximum Gasteiger partial charge on any atom is 0.118 e. The zero-order valence-corrected chi connectivity index (χ0v) is 16.6. The van der Waals surface area contributed by atoms with Gasteiger partial charge in [-0.05, 0) is 43.6 Å². The van der Waals surface area contributed by atoms with Gasteiger partial charge in [-0.1, -0.05) is 70.4 Å². The fraction of sp³-hybridized carbons (Fsp3) is 0.727. The van der Waals surface area contributed by atoms with Gasteiger partial charge in [0.15, 0.2) is 0 Å². The lowest BCUT2D eigenvalue weighted by atomic mass is 10.1. The quantitative estimate of drug-likeness (QED) is 0.391. The molecule has 0 heterocycles. The van der Waals surface area contributed by atoms with Crippen LogP contribution in [0.3, 0.4) is 0 Å². The van der Waals surface area contributed by atoms with Crippen molar-refractivity contribution in [1.82, 2.24) is 10.6 Å². The topological polar surface area (TPSA) is 33.3 Å². The Morgan fingerprint density at radius 1 is 0.680 bits per heavy atom. The summed E-state index contributed by atoms with van der Waals surface area (Å²) in [6, 6.07) is 8.34. The molecule has 1 aromatic carbocycles. The first-order valence-electron chi connectivity index (χ1n) is 10.4. The van der Waals surface area contributed by atoms with Crippen LogP contribution in [0.25, 0.3) is 0 Å². The van der Waals surface area contributed by atoms with Crippen molar-refractivity contribution in [3.05, 3.63) is 29.8 Å². The van der Waals surface area contributed by atoms with Gasteiger partial charge in [-0.15, -0.1) is 0 Å². The maximum absolute atomic E-state index is 5.18. The lowest BCUT2D eigenvalue weighted by molar-refractivity contribution is 0.414. The summed E-state index contributed by atoms with van der Waals surface area (Å²) < 4.78 is 5.18. The van der Waals surface area contributed by atoms with Crippen LogP contribution < -0.4 is 15.4 Å². The monoisotopic (exact) mass is 348 g/mol. The first-order chi connectivity index (χ1) is 12.4. The number of rotatable bonds is 17. The fourth-order valence-corrected chi connectivity index (χ4v) is 3.01. The maximum atomic E-state index is 5.18. The smallest absolute Gasteiger partial charge is 0.118 e. The molecule has 0 aromatic heterocycles. The first-order valence-corrected chi connectivity index (χ1v) is 10.4. The second kappa shape index (κ2) is 16.4. The molecule has 0 bridgehead atoms. The van der Waals surface area contributed by atoms with E-state index in [1.54, 1.807) is 7.11 Å². The molecule has 25 heavy (non-hydrogen) atoms. The van der Waals surface area contributed by atoms with Gasteiger partial charge < -0.3 is 15.4 Å². The van der Waals surface area contributed by atoms with Crippen molar-refractivity contribution in [3.63, 3.8) is 0 Å². The molecule has 3 nitrogen and oxygen atoms in total. The van der Waals surface area contributed by atoms with Gasteiger partial charge in [-0.3, -0.25) is 0 Å². The van der Waals surface area contributed by atoms with E-state index in [0.717, 1.165) is 38.3 Å². The molecule has 0 amide bonds. The summed E-state index contributed by atoms with van der Waals surface area (Å²) in [4.78, 5) is 0. The third-order valence-corrected chi connectivity index (χ3v) is 4.69. The number of nitrogens with one attached hydrogen (secondary N) is 2. The summed E-state index contributed by atoms with van der Waals surface area (Å²) in [5.41, 5.74) is 1.36. The average Bonchev–Trinajstić information content (AvgIpc) is 2.65. The highest BCUT2D eigenvalue weighted by Gasteiger charge is 1.95. The van der Waals surface area contributed by atoms with Crippen LogP contribution in [0.4, 0.5) is 0 Å². The molecule has 1 aromatic rings. The Labute approximate surface area is 155 Å². The minimum Gasteiger partial charge on any atom is -0.497 e. The van der Waals surface area contributed by atoms with E-state index in [4.69, 9.17) is 4.74 Å². The van der Waals surface area contributed by atoms with Crippen LogP contribution in [0.15, 0.2) is 24.3 Å². The molecular formula is C22H40N2O. The Morgan fingerprint density at radius 3 is 1.84 bits per heavy atom. The minimum atomic E-state index is 0.928. The summed E-state index contributed by atoms with van der Waals surface area (Å²) in [6.07, 6.45) is 13.7. The highest BCUT2D eigenvalue weighted by molar-refractivity contribution is 5.27. The van der Waals surface area contributed by atoms with Gasteiger partial charge in [0.1, 0.15) is 5.75 Å². The third-order valence-electron chi connectivity index (χ3n) is 4.69. The number of ether oxygens (including phenoxy) is 1. The SMILES string of the molecule is CCCCCCCCCCCNCCNCCc1ccc(OC)cc1. The van der Waals surface area contributed by atoms with Crippen LogP contribution in [-0.4, -0.2) is 33.3 Å². The minimum absolute atomic E-state index is 0.928. The third kappa shape index (κ3) is 12.9. The van der Waals surface area contributed by atoms with Crippen molar-refractivity contribution in [2.45, 2.75) is 71.1 Å². The zero-order chi connectivity index (χ0) is 18.0. The summed E-state index contributed by atoms with van der Waals surface area (Å²) in [6.45, 7) is 6.60. The van der Waals surface area contributed by atoms with Crippen LogP contribution in [-0.2, 0) is 6.42 Å². The van der Waals surface area contributed by atoms with E-state index in [-0.39, 0.29) is 0 Å². The van der Waals surface area contributed by atoms with Crippen molar-refractivity contribution >= 4 is 0 Å². The summed E-state index contributed by atoms with van der Waals surface area (Å²) in [7, 11) is 1.71. The summed E-state index contributed by atoms with van der Waals surface area (Å²) in [5.74, 6) is 0.928. The molecule has 2 N–H and O–H groups in total. The molecule has 0 spiro atoms. The Kier molecular flexibility index (Phi) is 14.4. The number of hydrogen-bond acceptors (Lipinski definition) is 3. The fourth-order valence-electron chi connectivity index (χ4n) is 3.01. The Balaban J connectivity index is 1.78. The second-order valence-corrected chi connectivity index (χ2v) is 6.93. The van der Waals surface area contributed by atoms with E-state index in [1.165, 1.54) is 63.4 Å². The predicted octanol–water partition coefficient (Wildman–Crippen LogP) is 4.95. The molecule has 0 atom stereocenters.